The van der Waals surface area contributed by atoms with E-state index in [4.69, 9.17) is 4.74 Å². The average Bonchev–Trinajstić information content (AvgIpc) is 2.37. The Bertz CT molecular complexity index is 364. The van der Waals surface area contributed by atoms with Crippen molar-refractivity contribution in [2.24, 2.45) is 0 Å². The summed E-state index contributed by atoms with van der Waals surface area (Å²) in [6, 6.07) is 4.27. The molecule has 0 aliphatic carbocycles. The minimum absolute atomic E-state index is 0.331. The Labute approximate surface area is 115 Å². The summed E-state index contributed by atoms with van der Waals surface area (Å²) in [4.78, 5) is 0. The second-order valence-corrected chi connectivity index (χ2v) is 4.97. The highest BCUT2D eigenvalue weighted by molar-refractivity contribution is 5.35. The molecule has 2 nitrogen and oxygen atoms in total. The highest BCUT2D eigenvalue weighted by Gasteiger charge is 2.10. The van der Waals surface area contributed by atoms with Crippen molar-refractivity contribution in [1.29, 1.82) is 0 Å². The predicted molar refractivity (Wildman–Crippen MR) is 75.9 cm³/mol. The van der Waals surface area contributed by atoms with Crippen molar-refractivity contribution in [3.8, 4) is 5.75 Å². The second-order valence-electron chi connectivity index (χ2n) is 4.97. The lowest BCUT2D eigenvalue weighted by molar-refractivity contribution is 0.190. The van der Waals surface area contributed by atoms with Gasteiger partial charge >= 0.3 is 0 Å². The molecule has 0 heterocycles. The topological polar surface area (TPSA) is 29.5 Å². The van der Waals surface area contributed by atoms with E-state index in [1.165, 1.54) is 37.8 Å². The summed E-state index contributed by atoms with van der Waals surface area (Å²) in [5, 5.41) is 9.59. The molecule has 0 aromatic heterocycles. The van der Waals surface area contributed by atoms with Crippen LogP contribution in [0.4, 0.5) is 4.39 Å². The van der Waals surface area contributed by atoms with Crippen LogP contribution in [0.5, 0.6) is 5.75 Å². The molecule has 0 unspecified atom stereocenters. The summed E-state index contributed by atoms with van der Waals surface area (Å²) in [6.07, 6.45) is 6.51. The molecule has 0 radical (unpaired) electrons. The van der Waals surface area contributed by atoms with Gasteiger partial charge in [-0.1, -0.05) is 39.0 Å². The highest BCUT2D eigenvalue weighted by Crippen LogP contribution is 2.26. The zero-order valence-corrected chi connectivity index (χ0v) is 12.0. The van der Waals surface area contributed by atoms with E-state index in [0.29, 0.717) is 17.9 Å². The largest absolute Gasteiger partial charge is 0.493 e. The summed E-state index contributed by atoms with van der Waals surface area (Å²) in [6.45, 7) is 4.44. The van der Waals surface area contributed by atoms with Crippen LogP contribution in [0, 0.1) is 5.82 Å². The summed E-state index contributed by atoms with van der Waals surface area (Å²) in [5.41, 5.74) is 0.646. The van der Waals surface area contributed by atoms with E-state index >= 15 is 0 Å². The third-order valence-electron chi connectivity index (χ3n) is 3.18. The Balaban J connectivity index is 2.34. The molecule has 19 heavy (non-hydrogen) atoms. The fraction of sp³-hybridized carbons (Fsp3) is 0.625. The van der Waals surface area contributed by atoms with Crippen molar-refractivity contribution < 1.29 is 14.2 Å². The maximum absolute atomic E-state index is 13.2. The third kappa shape index (κ3) is 6.06. The molecule has 3 heteroatoms. The van der Waals surface area contributed by atoms with Gasteiger partial charge < -0.3 is 9.84 Å². The molecule has 0 saturated carbocycles. The Morgan fingerprint density at radius 3 is 2.53 bits per heavy atom. The molecule has 0 fully saturated rings. The number of unbranched alkanes of at least 4 members (excludes halogenated alkanes) is 5. The lowest BCUT2D eigenvalue weighted by atomic mass is 10.1. The van der Waals surface area contributed by atoms with Crippen molar-refractivity contribution in [1.82, 2.24) is 0 Å². The maximum Gasteiger partial charge on any atom is 0.127 e. The van der Waals surface area contributed by atoms with Gasteiger partial charge in [0.15, 0.2) is 0 Å². The van der Waals surface area contributed by atoms with Crippen LogP contribution in [0.25, 0.3) is 0 Å². The number of halogens is 1. The van der Waals surface area contributed by atoms with Crippen molar-refractivity contribution in [2.45, 2.75) is 58.5 Å². The molecular formula is C16H25FO2. The minimum Gasteiger partial charge on any atom is -0.493 e. The van der Waals surface area contributed by atoms with Gasteiger partial charge in [0.2, 0.25) is 0 Å². The molecule has 0 saturated heterocycles. The molecule has 0 spiro atoms. The normalized spacial score (nSPS) is 12.4. The summed E-state index contributed by atoms with van der Waals surface area (Å²) < 4.78 is 18.7. The third-order valence-corrected chi connectivity index (χ3v) is 3.18. The second kappa shape index (κ2) is 8.92. The van der Waals surface area contributed by atoms with Crippen LogP contribution in [0.1, 0.15) is 64.0 Å². The molecule has 0 amide bonds. The van der Waals surface area contributed by atoms with Gasteiger partial charge in [-0.3, -0.25) is 0 Å². The number of benzene rings is 1. The van der Waals surface area contributed by atoms with E-state index in [1.54, 1.807) is 13.0 Å². The number of ether oxygens (including phenoxy) is 1. The average molecular weight is 268 g/mol. The van der Waals surface area contributed by atoms with Gasteiger partial charge in [-0.25, -0.2) is 4.39 Å². The van der Waals surface area contributed by atoms with E-state index in [1.807, 2.05) is 0 Å². The van der Waals surface area contributed by atoms with Crippen LogP contribution in [0.3, 0.4) is 0 Å². The first kappa shape index (κ1) is 16.0. The van der Waals surface area contributed by atoms with Crippen molar-refractivity contribution in [3.05, 3.63) is 29.6 Å². The van der Waals surface area contributed by atoms with Gasteiger partial charge in [0.1, 0.15) is 11.6 Å². The van der Waals surface area contributed by atoms with Crippen molar-refractivity contribution in [2.75, 3.05) is 6.61 Å². The Hall–Kier alpha value is -1.09. The first-order valence-electron chi connectivity index (χ1n) is 7.25. The van der Waals surface area contributed by atoms with E-state index < -0.39 is 6.10 Å². The zero-order chi connectivity index (χ0) is 14.1. The van der Waals surface area contributed by atoms with Gasteiger partial charge in [-0.05, 0) is 25.5 Å². The summed E-state index contributed by atoms with van der Waals surface area (Å²) >= 11 is 0. The number of aliphatic hydroxyl groups excluding tert-OH is 1. The van der Waals surface area contributed by atoms with Gasteiger partial charge in [0.05, 0.1) is 12.7 Å². The van der Waals surface area contributed by atoms with E-state index in [2.05, 4.69) is 6.92 Å². The Morgan fingerprint density at radius 1 is 1.16 bits per heavy atom. The number of hydrogen-bond donors (Lipinski definition) is 1. The molecular weight excluding hydrogens is 243 g/mol. The molecule has 0 aliphatic rings. The van der Waals surface area contributed by atoms with Gasteiger partial charge in [0, 0.05) is 11.6 Å². The van der Waals surface area contributed by atoms with Crippen LogP contribution in [-0.4, -0.2) is 11.7 Å². The molecule has 1 aromatic carbocycles. The first-order chi connectivity index (χ1) is 9.15. The molecule has 0 aliphatic heterocycles. The Morgan fingerprint density at radius 2 is 1.84 bits per heavy atom. The maximum atomic E-state index is 13.2. The summed E-state index contributed by atoms with van der Waals surface area (Å²) in [7, 11) is 0. The SMILES string of the molecule is CCCCCCCCOc1cc(F)ccc1[C@H](C)O. The van der Waals surface area contributed by atoms with Crippen LogP contribution < -0.4 is 4.74 Å². The molecule has 1 rings (SSSR count). The fourth-order valence-corrected chi connectivity index (χ4v) is 2.04. The van der Waals surface area contributed by atoms with Gasteiger partial charge in [0.25, 0.3) is 0 Å². The highest BCUT2D eigenvalue weighted by atomic mass is 19.1. The predicted octanol–water partition coefficient (Wildman–Crippen LogP) is 4.62. The molecule has 1 N–H and O–H groups in total. The first-order valence-corrected chi connectivity index (χ1v) is 7.25. The number of aliphatic hydroxyl groups is 1. The standard InChI is InChI=1S/C16H25FO2/c1-3-4-5-6-7-8-11-19-16-12-14(17)9-10-15(16)13(2)18/h9-10,12-13,18H,3-8,11H2,1-2H3/t13-/m0/s1. The van der Waals surface area contributed by atoms with Crippen LogP contribution >= 0.6 is 0 Å². The van der Waals surface area contributed by atoms with Crippen LogP contribution in [-0.2, 0) is 0 Å². The van der Waals surface area contributed by atoms with E-state index in [0.717, 1.165) is 12.8 Å². The number of rotatable bonds is 9. The number of hydrogen-bond acceptors (Lipinski definition) is 2. The van der Waals surface area contributed by atoms with Crippen molar-refractivity contribution >= 4 is 0 Å². The molecule has 0 bridgehead atoms. The van der Waals surface area contributed by atoms with Crippen LogP contribution in [0.15, 0.2) is 18.2 Å². The smallest absolute Gasteiger partial charge is 0.127 e. The summed E-state index contributed by atoms with van der Waals surface area (Å²) in [5.74, 6) is 0.130. The fourth-order valence-electron chi connectivity index (χ4n) is 2.04. The van der Waals surface area contributed by atoms with Crippen molar-refractivity contribution in [3.63, 3.8) is 0 Å². The van der Waals surface area contributed by atoms with Gasteiger partial charge in [-0.15, -0.1) is 0 Å². The molecule has 1 aromatic rings. The Kier molecular flexibility index (Phi) is 7.49. The van der Waals surface area contributed by atoms with Gasteiger partial charge in [-0.2, -0.15) is 0 Å². The minimum atomic E-state index is -0.639. The quantitative estimate of drug-likeness (QED) is 0.662. The monoisotopic (exact) mass is 268 g/mol. The molecule has 108 valence electrons. The lowest BCUT2D eigenvalue weighted by Crippen LogP contribution is -2.03. The molecule has 1 atom stereocenters. The van der Waals surface area contributed by atoms with E-state index in [-0.39, 0.29) is 5.82 Å². The van der Waals surface area contributed by atoms with E-state index in [9.17, 15) is 9.50 Å². The van der Waals surface area contributed by atoms with Crippen LogP contribution in [0.2, 0.25) is 0 Å². The lowest BCUT2D eigenvalue weighted by Gasteiger charge is -2.13. The zero-order valence-electron chi connectivity index (χ0n) is 12.0.